The number of ether oxygens (including phenoxy) is 1. The second kappa shape index (κ2) is 8.31. The molecule has 34 heavy (non-hydrogen) atoms. The second-order valence-electron chi connectivity index (χ2n) is 8.26. The molecular formula is C26H22N2O6. The van der Waals surface area contributed by atoms with Crippen LogP contribution in [0, 0.1) is 12.8 Å². The van der Waals surface area contributed by atoms with Gasteiger partial charge in [0.15, 0.2) is 6.10 Å². The Kier molecular flexibility index (Phi) is 5.30. The fourth-order valence-electron chi connectivity index (χ4n) is 4.56. The lowest BCUT2D eigenvalue weighted by molar-refractivity contribution is -0.126. The van der Waals surface area contributed by atoms with Gasteiger partial charge in [0, 0.05) is 5.56 Å². The van der Waals surface area contributed by atoms with Crippen molar-refractivity contribution in [2.75, 3.05) is 17.1 Å². The molecule has 2 fully saturated rings. The number of hydrogen-bond donors (Lipinski definition) is 1. The van der Waals surface area contributed by atoms with Gasteiger partial charge in [0.25, 0.3) is 5.91 Å². The molecule has 1 N–H and O–H groups in total. The number of imide groups is 1. The van der Waals surface area contributed by atoms with E-state index in [9.17, 15) is 14.4 Å². The number of carboxylic acids is 1. The predicted molar refractivity (Wildman–Crippen MR) is 124 cm³/mol. The number of carboxylic acid groups (broad SMARTS) is 1. The molecule has 172 valence electrons. The highest BCUT2D eigenvalue weighted by Gasteiger charge is 2.60. The summed E-state index contributed by atoms with van der Waals surface area (Å²) in [6.45, 7) is 1.97. The molecule has 0 unspecified atom stereocenters. The van der Waals surface area contributed by atoms with Crippen molar-refractivity contribution in [3.05, 3.63) is 89.5 Å². The van der Waals surface area contributed by atoms with Gasteiger partial charge in [0.2, 0.25) is 5.91 Å². The van der Waals surface area contributed by atoms with Gasteiger partial charge < -0.3 is 9.84 Å². The van der Waals surface area contributed by atoms with Gasteiger partial charge in [0.05, 0.1) is 30.1 Å². The van der Waals surface area contributed by atoms with Crippen molar-refractivity contribution in [1.29, 1.82) is 0 Å². The summed E-state index contributed by atoms with van der Waals surface area (Å²) in [4.78, 5) is 45.5. The van der Waals surface area contributed by atoms with Crippen LogP contribution < -0.4 is 14.7 Å². The Hall–Kier alpha value is -4.17. The minimum absolute atomic E-state index is 0.0664. The van der Waals surface area contributed by atoms with Gasteiger partial charge in [-0.1, -0.05) is 35.9 Å². The molecule has 8 heteroatoms. The lowest BCUT2D eigenvalue weighted by Gasteiger charge is -2.29. The van der Waals surface area contributed by atoms with E-state index in [-0.39, 0.29) is 5.56 Å². The number of anilines is 2. The van der Waals surface area contributed by atoms with Crippen molar-refractivity contribution < 1.29 is 29.1 Å². The molecule has 0 spiro atoms. The first-order chi connectivity index (χ1) is 16.4. The van der Waals surface area contributed by atoms with E-state index in [1.54, 1.807) is 18.2 Å². The Morgan fingerprint density at radius 2 is 1.56 bits per heavy atom. The summed E-state index contributed by atoms with van der Waals surface area (Å²) in [6, 6.07) is 20.0. The number of methoxy groups -OCH3 is 1. The van der Waals surface area contributed by atoms with Crippen LogP contribution in [-0.2, 0) is 14.4 Å². The Morgan fingerprint density at radius 3 is 2.21 bits per heavy atom. The van der Waals surface area contributed by atoms with Crippen LogP contribution in [0.25, 0.3) is 0 Å². The number of nitrogens with zero attached hydrogens (tertiary/aromatic N) is 2. The SMILES string of the molecule is COc1ccccc1[C@H]1[C@@H]2C(=O)N(c3ccc(C(=O)O)cc3)C(=O)[C@@H]2ON1c1ccc(C)cc1. The third kappa shape index (κ3) is 3.39. The average Bonchev–Trinajstić information content (AvgIpc) is 3.35. The number of hydrogen-bond acceptors (Lipinski definition) is 6. The Morgan fingerprint density at radius 1 is 0.912 bits per heavy atom. The van der Waals surface area contributed by atoms with Crippen molar-refractivity contribution >= 4 is 29.2 Å². The second-order valence-corrected chi connectivity index (χ2v) is 8.26. The lowest BCUT2D eigenvalue weighted by atomic mass is 9.90. The van der Waals surface area contributed by atoms with Gasteiger partial charge in [0.1, 0.15) is 11.7 Å². The van der Waals surface area contributed by atoms with Crippen LogP contribution in [0.4, 0.5) is 11.4 Å². The highest BCUT2D eigenvalue weighted by atomic mass is 16.7. The number of para-hydroxylation sites is 1. The maximum Gasteiger partial charge on any atom is 0.335 e. The van der Waals surface area contributed by atoms with Crippen LogP contribution in [0.15, 0.2) is 72.8 Å². The molecule has 3 atom stereocenters. The van der Waals surface area contributed by atoms with Gasteiger partial charge in [-0.25, -0.2) is 14.8 Å². The average molecular weight is 458 g/mol. The van der Waals surface area contributed by atoms with Crippen LogP contribution >= 0.6 is 0 Å². The molecule has 0 aromatic heterocycles. The van der Waals surface area contributed by atoms with Crippen molar-refractivity contribution in [3.63, 3.8) is 0 Å². The minimum atomic E-state index is -1.09. The van der Waals surface area contributed by atoms with Crippen molar-refractivity contribution in [2.24, 2.45) is 5.92 Å². The molecule has 3 aromatic rings. The molecule has 5 rings (SSSR count). The van der Waals surface area contributed by atoms with Gasteiger partial charge in [-0.05, 0) is 49.4 Å². The number of carbonyl (C=O) groups excluding carboxylic acids is 2. The smallest absolute Gasteiger partial charge is 0.335 e. The van der Waals surface area contributed by atoms with E-state index in [1.807, 2.05) is 49.4 Å². The first kappa shape index (κ1) is 21.7. The van der Waals surface area contributed by atoms with E-state index in [0.29, 0.717) is 17.1 Å². The zero-order valence-corrected chi connectivity index (χ0v) is 18.5. The Balaban J connectivity index is 1.58. The third-order valence-electron chi connectivity index (χ3n) is 6.23. The first-order valence-electron chi connectivity index (χ1n) is 10.8. The summed E-state index contributed by atoms with van der Waals surface area (Å²) in [5, 5.41) is 10.8. The molecule has 2 heterocycles. The highest BCUT2D eigenvalue weighted by Crippen LogP contribution is 2.49. The van der Waals surface area contributed by atoms with Crippen LogP contribution in [-0.4, -0.2) is 36.1 Å². The van der Waals surface area contributed by atoms with Crippen molar-refractivity contribution in [2.45, 2.75) is 19.1 Å². The molecule has 2 saturated heterocycles. The predicted octanol–water partition coefficient (Wildman–Crippen LogP) is 3.75. The zero-order chi connectivity index (χ0) is 24.0. The normalized spacial score (nSPS) is 21.6. The number of carbonyl (C=O) groups is 3. The fourth-order valence-corrected chi connectivity index (χ4v) is 4.56. The van der Waals surface area contributed by atoms with Crippen LogP contribution in [0.3, 0.4) is 0 Å². The highest BCUT2D eigenvalue weighted by molar-refractivity contribution is 6.24. The number of aromatic carboxylic acids is 1. The van der Waals surface area contributed by atoms with Crippen molar-refractivity contribution in [1.82, 2.24) is 0 Å². The summed E-state index contributed by atoms with van der Waals surface area (Å²) < 4.78 is 5.57. The van der Waals surface area contributed by atoms with Crippen molar-refractivity contribution in [3.8, 4) is 5.75 Å². The molecule has 0 aliphatic carbocycles. The molecule has 0 saturated carbocycles. The monoisotopic (exact) mass is 458 g/mol. The Bertz CT molecular complexity index is 1270. The largest absolute Gasteiger partial charge is 0.496 e. The number of hydroxylamine groups is 1. The third-order valence-corrected chi connectivity index (χ3v) is 6.23. The van der Waals surface area contributed by atoms with E-state index < -0.39 is 35.8 Å². The van der Waals surface area contributed by atoms with E-state index in [1.165, 1.54) is 24.3 Å². The van der Waals surface area contributed by atoms with Gasteiger partial charge >= 0.3 is 5.97 Å². The van der Waals surface area contributed by atoms with Crippen LogP contribution in [0.2, 0.25) is 0 Å². The number of aryl methyl sites for hydroxylation is 1. The maximum atomic E-state index is 13.7. The van der Waals surface area contributed by atoms with Crippen LogP contribution in [0.1, 0.15) is 27.5 Å². The summed E-state index contributed by atoms with van der Waals surface area (Å²) in [6.07, 6.45) is -1.03. The summed E-state index contributed by atoms with van der Waals surface area (Å²) in [5.41, 5.74) is 2.88. The molecule has 2 amide bonds. The maximum absolute atomic E-state index is 13.7. The summed E-state index contributed by atoms with van der Waals surface area (Å²) in [7, 11) is 1.56. The first-order valence-corrected chi connectivity index (χ1v) is 10.8. The molecule has 3 aromatic carbocycles. The number of fused-ring (bicyclic) bond motifs is 1. The minimum Gasteiger partial charge on any atom is -0.496 e. The van der Waals surface area contributed by atoms with E-state index in [0.717, 1.165) is 16.0 Å². The quantitative estimate of drug-likeness (QED) is 0.582. The van der Waals surface area contributed by atoms with Gasteiger partial charge in [-0.3, -0.25) is 14.4 Å². The molecule has 0 bridgehead atoms. The van der Waals surface area contributed by atoms with E-state index in [4.69, 9.17) is 14.7 Å². The number of amides is 2. The molecular weight excluding hydrogens is 436 g/mol. The van der Waals surface area contributed by atoms with Gasteiger partial charge in [-0.2, -0.15) is 0 Å². The number of benzene rings is 3. The summed E-state index contributed by atoms with van der Waals surface area (Å²) >= 11 is 0. The van der Waals surface area contributed by atoms with Crippen LogP contribution in [0.5, 0.6) is 5.75 Å². The number of rotatable bonds is 5. The van der Waals surface area contributed by atoms with E-state index >= 15 is 0 Å². The molecule has 2 aliphatic heterocycles. The molecule has 8 nitrogen and oxygen atoms in total. The van der Waals surface area contributed by atoms with Gasteiger partial charge in [-0.15, -0.1) is 0 Å². The fraction of sp³-hybridized carbons (Fsp3) is 0.192. The summed E-state index contributed by atoms with van der Waals surface area (Å²) in [5.74, 6) is -2.23. The van der Waals surface area contributed by atoms with E-state index in [2.05, 4.69) is 0 Å². The Labute approximate surface area is 195 Å². The molecule has 2 aliphatic rings. The topological polar surface area (TPSA) is 96.4 Å². The lowest BCUT2D eigenvalue weighted by Crippen LogP contribution is -2.37. The zero-order valence-electron chi connectivity index (χ0n) is 18.5. The molecule has 0 radical (unpaired) electrons. The standard InChI is InChI=1S/C26H22N2O6/c1-15-7-11-18(12-8-15)28-22(19-5-3-4-6-20(19)33-2)21-23(34-28)25(30)27(24(21)29)17-13-9-16(10-14-17)26(31)32/h3-14,21-23H,1-2H3,(H,31,32)/t21-,22-,23+/m0/s1.